The molecule has 4 aromatic rings. The number of imide groups is 1. The fraction of sp³-hybridized carbons (Fsp3) is 0.273. The highest BCUT2D eigenvalue weighted by Crippen LogP contribution is 2.68. The van der Waals surface area contributed by atoms with Gasteiger partial charge in [0.2, 0.25) is 11.8 Å². The molecule has 1 aromatic heterocycles. The number of anilines is 2. The van der Waals surface area contributed by atoms with E-state index in [9.17, 15) is 28.0 Å². The summed E-state index contributed by atoms with van der Waals surface area (Å²) in [6.45, 7) is -0.263. The standard InChI is InChI=1S/C33H25F2N3O5S2/c34-16-4-8-18(9-5-16)36-23(39)14-43-20-3-1-2-15(12-20)24-25-21-13-22(28(25)44-30-29(24)45-33(42)37-30)27-26(21)31(40)38(32(27)41)19-10-6-17(35)7-11-19/h1-12,21-22,24-28H,13-14H2,(H,36,39)(H,37,42)/t21-,22-,24-,25?,26?,27?,28?/m1/s1. The highest BCUT2D eigenvalue weighted by Gasteiger charge is 2.69. The number of carbonyl (C=O) groups is 3. The molecule has 3 fully saturated rings. The van der Waals surface area contributed by atoms with Crippen LogP contribution in [0.4, 0.5) is 20.2 Å². The number of benzene rings is 3. The minimum absolute atomic E-state index is 0.00924. The number of carbonyl (C=O) groups excluding carboxylic acids is 3. The van der Waals surface area contributed by atoms with Crippen molar-refractivity contribution in [1.29, 1.82) is 0 Å². The van der Waals surface area contributed by atoms with Crippen LogP contribution in [0.15, 0.2) is 82.6 Å². The Morgan fingerprint density at radius 2 is 1.62 bits per heavy atom. The van der Waals surface area contributed by atoms with Crippen molar-refractivity contribution in [3.63, 3.8) is 0 Å². The molecule has 3 heterocycles. The lowest BCUT2D eigenvalue weighted by molar-refractivity contribution is -0.123. The Kier molecular flexibility index (Phi) is 6.68. The molecule has 2 N–H and O–H groups in total. The summed E-state index contributed by atoms with van der Waals surface area (Å²) < 4.78 is 32.7. The average Bonchev–Trinajstić information content (AvgIpc) is 3.77. The van der Waals surface area contributed by atoms with Gasteiger partial charge in [-0.05, 0) is 90.4 Å². The van der Waals surface area contributed by atoms with Crippen molar-refractivity contribution < 1.29 is 27.9 Å². The number of H-pyrrole nitrogens is 1. The number of amides is 3. The van der Waals surface area contributed by atoms with E-state index in [0.29, 0.717) is 17.1 Å². The van der Waals surface area contributed by atoms with Crippen LogP contribution in [0.2, 0.25) is 0 Å². The maximum Gasteiger partial charge on any atom is 0.305 e. The fourth-order valence-electron chi connectivity index (χ4n) is 7.91. The zero-order valence-corrected chi connectivity index (χ0v) is 25.1. The highest BCUT2D eigenvalue weighted by atomic mass is 32.2. The minimum atomic E-state index is -0.483. The molecule has 4 unspecified atom stereocenters. The molecule has 8 rings (SSSR count). The molecule has 228 valence electrons. The van der Waals surface area contributed by atoms with Crippen molar-refractivity contribution in [3.05, 3.63) is 105 Å². The Hall–Kier alpha value is -4.29. The summed E-state index contributed by atoms with van der Waals surface area (Å²) in [6.07, 6.45) is 0.738. The van der Waals surface area contributed by atoms with Crippen molar-refractivity contribution in [1.82, 2.24) is 4.98 Å². The van der Waals surface area contributed by atoms with Gasteiger partial charge in [0, 0.05) is 21.7 Å². The summed E-state index contributed by atoms with van der Waals surface area (Å²) in [4.78, 5) is 57.7. The summed E-state index contributed by atoms with van der Waals surface area (Å²) in [5, 5.41) is 3.47. The van der Waals surface area contributed by atoms with Gasteiger partial charge in [-0.1, -0.05) is 23.5 Å². The molecule has 0 radical (unpaired) electrons. The van der Waals surface area contributed by atoms with Crippen LogP contribution in [-0.4, -0.2) is 34.6 Å². The lowest BCUT2D eigenvalue weighted by Gasteiger charge is -2.43. The third kappa shape index (κ3) is 4.61. The summed E-state index contributed by atoms with van der Waals surface area (Å²) in [5.41, 5.74) is 1.73. The lowest BCUT2D eigenvalue weighted by Crippen LogP contribution is -2.42. The smallest absolute Gasteiger partial charge is 0.305 e. The molecule has 45 heavy (non-hydrogen) atoms. The first-order valence-electron chi connectivity index (χ1n) is 14.6. The highest BCUT2D eigenvalue weighted by molar-refractivity contribution is 8.00. The van der Waals surface area contributed by atoms with Crippen LogP contribution >= 0.6 is 23.1 Å². The van der Waals surface area contributed by atoms with Gasteiger partial charge in [0.25, 0.3) is 5.91 Å². The second kappa shape index (κ2) is 10.7. The van der Waals surface area contributed by atoms with Gasteiger partial charge < -0.3 is 15.0 Å². The van der Waals surface area contributed by atoms with Crippen LogP contribution in [0.5, 0.6) is 5.75 Å². The number of hydrogen-bond acceptors (Lipinski definition) is 7. The number of thioether (sulfide) groups is 1. The van der Waals surface area contributed by atoms with Gasteiger partial charge in [-0.15, -0.1) is 11.8 Å². The van der Waals surface area contributed by atoms with E-state index in [4.69, 9.17) is 4.74 Å². The third-order valence-corrected chi connectivity index (χ3v) is 12.1. The van der Waals surface area contributed by atoms with Crippen LogP contribution < -0.4 is 19.8 Å². The maximum atomic E-state index is 13.9. The monoisotopic (exact) mass is 645 g/mol. The van der Waals surface area contributed by atoms with Crippen LogP contribution in [0, 0.1) is 41.2 Å². The van der Waals surface area contributed by atoms with E-state index < -0.39 is 29.4 Å². The van der Waals surface area contributed by atoms with Crippen LogP contribution in [0.3, 0.4) is 0 Å². The molecule has 2 saturated carbocycles. The summed E-state index contributed by atoms with van der Waals surface area (Å²) >= 11 is 2.76. The minimum Gasteiger partial charge on any atom is -0.484 e. The molecule has 7 atom stereocenters. The Balaban J connectivity index is 1.08. The summed E-state index contributed by atoms with van der Waals surface area (Å²) in [7, 11) is 0. The van der Waals surface area contributed by atoms with E-state index in [-0.39, 0.29) is 52.2 Å². The second-order valence-electron chi connectivity index (χ2n) is 11.9. The normalized spacial score (nSPS) is 27.7. The van der Waals surface area contributed by atoms with Gasteiger partial charge >= 0.3 is 4.87 Å². The predicted octanol–water partition coefficient (Wildman–Crippen LogP) is 5.41. The third-order valence-electron chi connectivity index (χ3n) is 9.52. The molecule has 3 aromatic carbocycles. The van der Waals surface area contributed by atoms with Crippen molar-refractivity contribution in [2.45, 2.75) is 22.6 Å². The topological polar surface area (TPSA) is 109 Å². The van der Waals surface area contributed by atoms with Gasteiger partial charge in [-0.2, -0.15) is 0 Å². The van der Waals surface area contributed by atoms with Crippen molar-refractivity contribution in [3.8, 4) is 5.75 Å². The van der Waals surface area contributed by atoms with E-state index in [0.717, 1.165) is 33.2 Å². The SMILES string of the molecule is O=C(COc1cccc([C@H]2c3sc(=O)[nH]c3SC3C2[C@H]2C[C@@H]3C3C(=O)N(c4ccc(F)cc4)C(=O)C32)c1)Nc1ccc(F)cc1. The summed E-state index contributed by atoms with van der Waals surface area (Å²) in [5.74, 6) is -2.56. The van der Waals surface area contributed by atoms with E-state index in [1.165, 1.54) is 53.4 Å². The largest absolute Gasteiger partial charge is 0.484 e. The molecule has 2 bridgehead atoms. The molecular weight excluding hydrogens is 621 g/mol. The molecule has 4 aliphatic rings. The molecule has 2 aliphatic carbocycles. The second-order valence-corrected chi connectivity index (χ2v) is 14.1. The predicted molar refractivity (Wildman–Crippen MR) is 164 cm³/mol. The molecular formula is C33H25F2N3O5S2. The Morgan fingerprint density at radius 1 is 0.933 bits per heavy atom. The number of aromatic nitrogens is 1. The summed E-state index contributed by atoms with van der Waals surface area (Å²) in [6, 6.07) is 18.3. The number of nitrogens with zero attached hydrogens (tertiary/aromatic N) is 1. The quantitative estimate of drug-likeness (QED) is 0.272. The number of halogens is 2. The van der Waals surface area contributed by atoms with Gasteiger partial charge in [-0.25, -0.2) is 8.78 Å². The van der Waals surface area contributed by atoms with Gasteiger partial charge in [0.1, 0.15) is 17.4 Å². The van der Waals surface area contributed by atoms with Crippen LogP contribution in [0.1, 0.15) is 22.8 Å². The molecule has 2 aliphatic heterocycles. The molecule has 8 nitrogen and oxygen atoms in total. The van der Waals surface area contributed by atoms with E-state index in [1.54, 1.807) is 17.8 Å². The van der Waals surface area contributed by atoms with E-state index >= 15 is 0 Å². The number of fused-ring (bicyclic) bond motifs is 9. The first-order chi connectivity index (χ1) is 21.8. The number of hydrogen-bond donors (Lipinski definition) is 2. The molecule has 0 spiro atoms. The first kappa shape index (κ1) is 28.2. The van der Waals surface area contributed by atoms with Gasteiger partial charge in [0.15, 0.2) is 6.61 Å². The van der Waals surface area contributed by atoms with Crippen LogP contribution in [-0.2, 0) is 14.4 Å². The van der Waals surface area contributed by atoms with Gasteiger partial charge in [0.05, 0.1) is 22.5 Å². The van der Waals surface area contributed by atoms with Crippen molar-refractivity contribution in [2.24, 2.45) is 29.6 Å². The number of ether oxygens (including phenoxy) is 1. The average molecular weight is 646 g/mol. The molecule has 1 saturated heterocycles. The van der Waals surface area contributed by atoms with Crippen molar-refractivity contribution >= 4 is 52.2 Å². The van der Waals surface area contributed by atoms with Gasteiger partial charge in [-0.3, -0.25) is 24.1 Å². The number of thiazole rings is 1. The van der Waals surface area contributed by atoms with E-state index in [1.807, 2.05) is 18.2 Å². The lowest BCUT2D eigenvalue weighted by atomic mass is 9.68. The maximum absolute atomic E-state index is 13.9. The number of rotatable bonds is 6. The van der Waals surface area contributed by atoms with Crippen LogP contribution in [0.25, 0.3) is 0 Å². The number of aromatic amines is 1. The number of nitrogens with one attached hydrogen (secondary N) is 2. The molecule has 3 amide bonds. The van der Waals surface area contributed by atoms with Crippen molar-refractivity contribution in [2.75, 3.05) is 16.8 Å². The van der Waals surface area contributed by atoms with E-state index in [2.05, 4.69) is 10.3 Å². The Labute approximate surface area is 263 Å². The fourth-order valence-corrected chi connectivity index (χ4v) is 10.8. The zero-order valence-electron chi connectivity index (χ0n) is 23.4. The zero-order chi connectivity index (χ0) is 31.0. The Morgan fingerprint density at radius 3 is 2.36 bits per heavy atom. The first-order valence-corrected chi connectivity index (χ1v) is 16.3. The Bertz CT molecular complexity index is 1910. The molecule has 12 heteroatoms.